The maximum absolute atomic E-state index is 13.6. The third-order valence-corrected chi connectivity index (χ3v) is 6.05. The van der Waals surface area contributed by atoms with Gasteiger partial charge in [0.1, 0.15) is 5.82 Å². The molecule has 2 aliphatic heterocycles. The van der Waals surface area contributed by atoms with Crippen LogP contribution in [0.15, 0.2) is 54.9 Å². The number of hydrogen-bond donors (Lipinski definition) is 2. The highest BCUT2D eigenvalue weighted by Crippen LogP contribution is 2.37. The largest absolute Gasteiger partial charge is 0.370 e. The van der Waals surface area contributed by atoms with E-state index in [4.69, 9.17) is 4.98 Å². The zero-order valence-corrected chi connectivity index (χ0v) is 19.3. The van der Waals surface area contributed by atoms with Gasteiger partial charge in [0, 0.05) is 49.2 Å². The second-order valence-electron chi connectivity index (χ2n) is 8.66. The van der Waals surface area contributed by atoms with E-state index in [-0.39, 0.29) is 17.6 Å². The van der Waals surface area contributed by atoms with Crippen LogP contribution in [0.3, 0.4) is 0 Å². The van der Waals surface area contributed by atoms with Gasteiger partial charge in [0.05, 0.1) is 17.8 Å². The molecule has 0 saturated carbocycles. The topological polar surface area (TPSA) is 106 Å². The van der Waals surface area contributed by atoms with Crippen molar-refractivity contribution in [3.05, 3.63) is 66.2 Å². The summed E-state index contributed by atoms with van der Waals surface area (Å²) in [7, 11) is 0. The summed E-state index contributed by atoms with van der Waals surface area (Å²) in [6.07, 6.45) is 6.38. The molecule has 0 radical (unpaired) electrons. The Morgan fingerprint density at radius 3 is 2.49 bits per heavy atom. The number of hydrogen-bond acceptors (Lipinski definition) is 5. The van der Waals surface area contributed by atoms with Crippen molar-refractivity contribution < 1.29 is 14.0 Å². The first-order valence-electron chi connectivity index (χ1n) is 11.5. The van der Waals surface area contributed by atoms with Gasteiger partial charge in [0.2, 0.25) is 11.8 Å². The molecule has 8 nitrogen and oxygen atoms in total. The minimum Gasteiger partial charge on any atom is -0.370 e. The molecule has 2 aliphatic rings. The minimum absolute atomic E-state index is 0.00423. The van der Waals surface area contributed by atoms with Crippen LogP contribution >= 0.6 is 0 Å². The number of carbonyl (C=O) groups is 2. The number of nitrogens with one attached hydrogen (secondary N) is 1. The molecule has 1 fully saturated rings. The smallest absolute Gasteiger partial charge is 0.228 e. The molecule has 1 saturated heterocycles. The van der Waals surface area contributed by atoms with Crippen LogP contribution in [-0.2, 0) is 16.0 Å². The molecule has 3 N–H and O–H groups in total. The van der Waals surface area contributed by atoms with E-state index in [1.165, 1.54) is 19.1 Å². The highest BCUT2D eigenvalue weighted by molar-refractivity contribution is 6.00. The first-order chi connectivity index (χ1) is 16.9. The summed E-state index contributed by atoms with van der Waals surface area (Å²) in [5, 5.41) is 2.89. The van der Waals surface area contributed by atoms with E-state index in [0.29, 0.717) is 6.42 Å². The maximum atomic E-state index is 13.6. The molecule has 9 heteroatoms. The number of imidazole rings is 1. The highest BCUT2D eigenvalue weighted by Gasteiger charge is 2.24. The molecule has 0 atom stereocenters. The second kappa shape index (κ2) is 9.17. The fraction of sp³-hybridized carbons (Fsp3) is 0.231. The molecule has 6 rings (SSSR count). The zero-order chi connectivity index (χ0) is 24.5. The van der Waals surface area contributed by atoms with E-state index < -0.39 is 0 Å². The second-order valence-corrected chi connectivity index (χ2v) is 8.66. The van der Waals surface area contributed by atoms with Crippen LogP contribution in [0.5, 0.6) is 0 Å². The Kier molecular flexibility index (Phi) is 5.90. The summed E-state index contributed by atoms with van der Waals surface area (Å²) in [5.74, 6) is 0.257. The lowest BCUT2D eigenvalue weighted by Gasteiger charge is -2.16. The Balaban J connectivity index is 0.000000591. The lowest BCUT2D eigenvalue weighted by atomic mass is 10.0. The van der Waals surface area contributed by atoms with Gasteiger partial charge in [-0.15, -0.1) is 0 Å². The number of amides is 2. The van der Waals surface area contributed by atoms with Gasteiger partial charge in [-0.2, -0.15) is 0 Å². The molecule has 178 valence electrons. The van der Waals surface area contributed by atoms with Crippen LogP contribution in [-0.4, -0.2) is 39.3 Å². The Labute approximate surface area is 201 Å². The van der Waals surface area contributed by atoms with Crippen molar-refractivity contribution in [2.75, 3.05) is 23.3 Å². The fourth-order valence-corrected chi connectivity index (χ4v) is 4.58. The Bertz CT molecular complexity index is 1420. The van der Waals surface area contributed by atoms with Gasteiger partial charge in [0.15, 0.2) is 11.5 Å². The van der Waals surface area contributed by atoms with E-state index >= 15 is 0 Å². The number of carbonyl (C=O) groups excluding carboxylic acids is 2. The van der Waals surface area contributed by atoms with Gasteiger partial charge in [-0.3, -0.25) is 14.0 Å². The van der Waals surface area contributed by atoms with Crippen molar-refractivity contribution in [2.24, 2.45) is 5.73 Å². The van der Waals surface area contributed by atoms with Gasteiger partial charge in [-0.25, -0.2) is 14.4 Å². The van der Waals surface area contributed by atoms with Crippen molar-refractivity contribution >= 4 is 29.0 Å². The summed E-state index contributed by atoms with van der Waals surface area (Å²) in [5.41, 5.74) is 10.6. The van der Waals surface area contributed by atoms with E-state index in [9.17, 15) is 14.0 Å². The van der Waals surface area contributed by atoms with Crippen LogP contribution in [0.1, 0.15) is 25.3 Å². The van der Waals surface area contributed by atoms with Gasteiger partial charge >= 0.3 is 0 Å². The number of nitrogens with two attached hydrogens (primary N) is 1. The Hall–Kier alpha value is -4.27. The van der Waals surface area contributed by atoms with Gasteiger partial charge in [-0.05, 0) is 54.8 Å². The number of halogens is 1. The molecule has 0 bridgehead atoms. The lowest BCUT2D eigenvalue weighted by Crippen LogP contribution is -2.19. The average molecular weight is 473 g/mol. The zero-order valence-electron chi connectivity index (χ0n) is 19.3. The number of nitrogens with zero attached hydrogens (tertiary/aromatic N) is 4. The number of aromatic nitrogens is 3. The molecule has 2 amide bonds. The summed E-state index contributed by atoms with van der Waals surface area (Å²) < 4.78 is 15.7. The molecular formula is C26H25FN6O2. The van der Waals surface area contributed by atoms with Crippen molar-refractivity contribution in [1.29, 1.82) is 0 Å². The molecule has 0 unspecified atom stereocenters. The molecular weight excluding hydrogens is 447 g/mol. The molecule has 0 aliphatic carbocycles. The average Bonchev–Trinajstić information content (AvgIpc) is 3.56. The Morgan fingerprint density at radius 1 is 1.09 bits per heavy atom. The molecule has 4 heterocycles. The molecule has 2 aromatic carbocycles. The van der Waals surface area contributed by atoms with Crippen molar-refractivity contribution in [1.82, 2.24) is 14.4 Å². The van der Waals surface area contributed by atoms with Gasteiger partial charge < -0.3 is 16.0 Å². The number of rotatable bonds is 3. The van der Waals surface area contributed by atoms with Crippen LogP contribution in [0.4, 0.5) is 15.9 Å². The number of benzene rings is 2. The van der Waals surface area contributed by atoms with Gasteiger partial charge in [0.25, 0.3) is 0 Å². The number of fused-ring (bicyclic) bond motifs is 2. The van der Waals surface area contributed by atoms with E-state index in [0.717, 1.165) is 71.2 Å². The number of primary amides is 1. The Morgan fingerprint density at radius 2 is 1.77 bits per heavy atom. The van der Waals surface area contributed by atoms with Crippen molar-refractivity contribution in [2.45, 2.75) is 26.2 Å². The first kappa shape index (κ1) is 22.5. The highest BCUT2D eigenvalue weighted by atomic mass is 19.1. The summed E-state index contributed by atoms with van der Waals surface area (Å²) in [6.45, 7) is 3.24. The SMILES string of the molecule is CC(N)=O.O=C1Cc2cc(-c3c(-c4ccc(F)cc4)nc4c(N5CCCC5)nccn34)ccc2N1. The third-order valence-electron chi connectivity index (χ3n) is 6.05. The molecule has 4 aromatic rings. The summed E-state index contributed by atoms with van der Waals surface area (Å²) in [4.78, 5) is 33.0. The number of anilines is 2. The standard InChI is InChI=1S/C24H20FN5O.C2H5NO/c25-18-6-3-15(4-7-18)21-22(16-5-8-19-17(13-16)14-20(31)27-19)30-12-9-26-23(24(30)28-21)29-10-1-2-11-29;1-2(3)4/h3-9,12-13H,1-2,10-11,14H2,(H,27,31);1H3,(H2,3,4). The molecule has 2 aromatic heterocycles. The quantitative estimate of drug-likeness (QED) is 0.472. The molecule has 0 spiro atoms. The van der Waals surface area contributed by atoms with Crippen LogP contribution in [0, 0.1) is 5.82 Å². The maximum Gasteiger partial charge on any atom is 0.228 e. The van der Waals surface area contributed by atoms with Crippen molar-refractivity contribution in [3.8, 4) is 22.5 Å². The van der Waals surface area contributed by atoms with Crippen LogP contribution in [0.25, 0.3) is 28.2 Å². The summed E-state index contributed by atoms with van der Waals surface area (Å²) >= 11 is 0. The summed E-state index contributed by atoms with van der Waals surface area (Å²) in [6, 6.07) is 12.4. The van der Waals surface area contributed by atoms with Crippen LogP contribution in [0.2, 0.25) is 0 Å². The van der Waals surface area contributed by atoms with Gasteiger partial charge in [-0.1, -0.05) is 6.07 Å². The van der Waals surface area contributed by atoms with Crippen molar-refractivity contribution in [3.63, 3.8) is 0 Å². The predicted molar refractivity (Wildman–Crippen MR) is 132 cm³/mol. The lowest BCUT2D eigenvalue weighted by molar-refractivity contribution is -0.116. The van der Waals surface area contributed by atoms with E-state index in [1.807, 2.05) is 24.4 Å². The third kappa shape index (κ3) is 4.44. The fourth-order valence-electron chi connectivity index (χ4n) is 4.58. The first-order valence-corrected chi connectivity index (χ1v) is 11.5. The van der Waals surface area contributed by atoms with Crippen LogP contribution < -0.4 is 16.0 Å². The predicted octanol–water partition coefficient (Wildman–Crippen LogP) is 3.79. The monoisotopic (exact) mass is 472 g/mol. The minimum atomic E-state index is -0.333. The molecule has 35 heavy (non-hydrogen) atoms. The normalized spacial score (nSPS) is 14.5. The van der Waals surface area contributed by atoms with E-state index in [2.05, 4.69) is 25.3 Å². The van der Waals surface area contributed by atoms with E-state index in [1.54, 1.807) is 18.3 Å².